The average Bonchev–Trinajstić information content (AvgIpc) is 3.43. The average molecular weight is 496 g/mol. The molecule has 0 bridgehead atoms. The van der Waals surface area contributed by atoms with Gasteiger partial charge in [-0.1, -0.05) is 12.1 Å². The number of aromatic nitrogens is 2. The van der Waals surface area contributed by atoms with E-state index < -0.39 is 12.3 Å². The third-order valence-corrected chi connectivity index (χ3v) is 6.21. The van der Waals surface area contributed by atoms with Gasteiger partial charge in [0.1, 0.15) is 23.6 Å². The molecule has 3 heterocycles. The van der Waals surface area contributed by atoms with Gasteiger partial charge in [-0.2, -0.15) is 4.37 Å². The van der Waals surface area contributed by atoms with Gasteiger partial charge in [-0.05, 0) is 32.2 Å². The number of likely N-dealkylation sites (N-methyl/N-ethyl adjacent to an activating group) is 1. The van der Waals surface area contributed by atoms with Gasteiger partial charge in [-0.3, -0.25) is 15.0 Å². The van der Waals surface area contributed by atoms with Crippen LogP contribution in [0.4, 0.5) is 18.3 Å². The van der Waals surface area contributed by atoms with E-state index in [0.29, 0.717) is 29.0 Å². The van der Waals surface area contributed by atoms with E-state index in [0.717, 1.165) is 37.7 Å². The maximum absolute atomic E-state index is 12.6. The first-order valence-electron chi connectivity index (χ1n) is 10.7. The molecule has 0 aliphatic carbocycles. The van der Waals surface area contributed by atoms with Crippen molar-refractivity contribution >= 4 is 22.6 Å². The summed E-state index contributed by atoms with van der Waals surface area (Å²) in [7, 11) is 2.11. The van der Waals surface area contributed by atoms with Crippen LogP contribution >= 0.6 is 11.5 Å². The number of ether oxygens (including phenoxy) is 1. The number of hydrogen-bond acceptors (Lipinski definition) is 8. The zero-order valence-electron chi connectivity index (χ0n) is 18.6. The zero-order valence-corrected chi connectivity index (χ0v) is 19.4. The molecule has 12 heteroatoms. The number of hydrogen-bond donors (Lipinski definition) is 1. The molecular weight excluding hydrogens is 471 g/mol. The summed E-state index contributed by atoms with van der Waals surface area (Å²) < 4.78 is 51.1. The number of rotatable bonds is 7. The van der Waals surface area contributed by atoms with Crippen LogP contribution < -0.4 is 10.1 Å². The quantitative estimate of drug-likeness (QED) is 0.528. The van der Waals surface area contributed by atoms with E-state index in [2.05, 4.69) is 43.2 Å². The normalized spacial score (nSPS) is 16.4. The van der Waals surface area contributed by atoms with E-state index in [9.17, 15) is 18.0 Å². The van der Waals surface area contributed by atoms with Crippen molar-refractivity contribution in [3.63, 3.8) is 0 Å². The fraction of sp³-hybridized carbons (Fsp3) is 0.409. The Morgan fingerprint density at radius 1 is 1.26 bits per heavy atom. The molecule has 2 aromatic heterocycles. The second-order valence-corrected chi connectivity index (χ2v) is 8.89. The Balaban J connectivity index is 1.35. The minimum Gasteiger partial charge on any atom is -0.464 e. The monoisotopic (exact) mass is 495 g/mol. The lowest BCUT2D eigenvalue weighted by atomic mass is 10.1. The molecule has 1 unspecified atom stereocenters. The Kier molecular flexibility index (Phi) is 7.19. The number of benzene rings is 1. The van der Waals surface area contributed by atoms with Crippen molar-refractivity contribution in [2.45, 2.75) is 25.7 Å². The van der Waals surface area contributed by atoms with Crippen LogP contribution in [0.25, 0.3) is 11.3 Å². The molecular formula is C22H24F3N5O3S. The highest BCUT2D eigenvalue weighted by Crippen LogP contribution is 2.29. The number of alkyl halides is 3. The molecule has 1 amide bonds. The molecule has 1 N–H and O–H groups in total. The fourth-order valence-electron chi connectivity index (χ4n) is 3.67. The Hall–Kier alpha value is -2.96. The second kappa shape index (κ2) is 10.1. The van der Waals surface area contributed by atoms with Crippen molar-refractivity contribution in [2.75, 3.05) is 38.5 Å². The van der Waals surface area contributed by atoms with Gasteiger partial charge in [0.25, 0.3) is 5.91 Å². The van der Waals surface area contributed by atoms with Crippen molar-refractivity contribution in [2.24, 2.45) is 0 Å². The van der Waals surface area contributed by atoms with Crippen molar-refractivity contribution in [3.05, 3.63) is 48.0 Å². The predicted molar refractivity (Wildman–Crippen MR) is 121 cm³/mol. The number of furan rings is 1. The first-order valence-corrected chi connectivity index (χ1v) is 11.4. The third-order valence-electron chi connectivity index (χ3n) is 5.54. The molecule has 1 aliphatic rings. The number of anilines is 1. The maximum Gasteiger partial charge on any atom is 0.573 e. The van der Waals surface area contributed by atoms with Crippen LogP contribution in [0.5, 0.6) is 5.75 Å². The summed E-state index contributed by atoms with van der Waals surface area (Å²) >= 11 is 1.10. The molecule has 0 spiro atoms. The van der Waals surface area contributed by atoms with Gasteiger partial charge < -0.3 is 14.1 Å². The summed E-state index contributed by atoms with van der Waals surface area (Å²) in [6.45, 7) is 6.20. The number of halogens is 3. The van der Waals surface area contributed by atoms with Crippen LogP contribution in [-0.2, 0) is 6.42 Å². The summed E-state index contributed by atoms with van der Waals surface area (Å²) in [4.78, 5) is 21.7. The minimum atomic E-state index is -4.80. The van der Waals surface area contributed by atoms with Crippen LogP contribution in [0, 0.1) is 0 Å². The van der Waals surface area contributed by atoms with Crippen LogP contribution in [-0.4, -0.2) is 70.7 Å². The van der Waals surface area contributed by atoms with Crippen LogP contribution in [0.1, 0.15) is 23.1 Å². The molecule has 1 aliphatic heterocycles. The molecule has 4 rings (SSSR count). The first-order chi connectivity index (χ1) is 16.2. The molecule has 1 atom stereocenters. The SMILES string of the molecule is CC(Cc1nsc(NC(=O)c2coc(-c3cccc(OC(F)(F)F)c3)c2)n1)N1CCN(C)CC1. The van der Waals surface area contributed by atoms with Gasteiger partial charge in [0, 0.05) is 55.7 Å². The summed E-state index contributed by atoms with van der Waals surface area (Å²) in [6.07, 6.45) is -2.88. The van der Waals surface area contributed by atoms with Gasteiger partial charge in [-0.25, -0.2) is 4.98 Å². The van der Waals surface area contributed by atoms with Gasteiger partial charge in [0.15, 0.2) is 0 Å². The van der Waals surface area contributed by atoms with Gasteiger partial charge in [0.05, 0.1) is 5.56 Å². The zero-order chi connectivity index (χ0) is 24.3. The number of carbonyl (C=O) groups excluding carboxylic acids is 1. The Bertz CT molecular complexity index is 1120. The van der Waals surface area contributed by atoms with Crippen molar-refractivity contribution in [1.82, 2.24) is 19.2 Å². The fourth-order valence-corrected chi connectivity index (χ4v) is 4.26. The smallest absolute Gasteiger partial charge is 0.464 e. The van der Waals surface area contributed by atoms with Crippen molar-refractivity contribution < 1.29 is 27.1 Å². The summed E-state index contributed by atoms with van der Waals surface area (Å²) in [6, 6.07) is 7.07. The molecule has 8 nitrogen and oxygen atoms in total. The molecule has 1 aromatic carbocycles. The van der Waals surface area contributed by atoms with Crippen LogP contribution in [0.15, 0.2) is 41.0 Å². The molecule has 1 saturated heterocycles. The third kappa shape index (κ3) is 6.33. The highest BCUT2D eigenvalue weighted by molar-refractivity contribution is 7.09. The standard InChI is InChI=1S/C22H24F3N5O3S/c1-14(30-8-6-29(2)7-9-30)10-19-26-21(34-28-19)27-20(31)16-12-18(32-13-16)15-4-3-5-17(11-15)33-22(23,24)25/h3-5,11-14H,6-10H2,1-2H3,(H,26,27,28,31). The Labute approximate surface area is 198 Å². The Morgan fingerprint density at radius 3 is 2.76 bits per heavy atom. The molecule has 1 fully saturated rings. The predicted octanol–water partition coefficient (Wildman–Crippen LogP) is 4.13. The topological polar surface area (TPSA) is 83.7 Å². The lowest BCUT2D eigenvalue weighted by molar-refractivity contribution is -0.274. The van der Waals surface area contributed by atoms with Gasteiger partial charge in [-0.15, -0.1) is 13.2 Å². The number of nitrogens with zero attached hydrogens (tertiary/aromatic N) is 4. The lowest BCUT2D eigenvalue weighted by Crippen LogP contribution is -2.48. The summed E-state index contributed by atoms with van der Waals surface area (Å²) in [5, 5.41) is 3.07. The largest absolute Gasteiger partial charge is 0.573 e. The number of nitrogens with one attached hydrogen (secondary N) is 1. The van der Waals surface area contributed by atoms with E-state index in [1.165, 1.54) is 30.5 Å². The second-order valence-electron chi connectivity index (χ2n) is 8.14. The minimum absolute atomic E-state index is 0.208. The highest BCUT2D eigenvalue weighted by atomic mass is 32.1. The maximum atomic E-state index is 12.6. The number of amides is 1. The molecule has 0 saturated carbocycles. The van der Waals surface area contributed by atoms with Crippen molar-refractivity contribution in [1.29, 1.82) is 0 Å². The summed E-state index contributed by atoms with van der Waals surface area (Å²) in [5.41, 5.74) is 0.552. The van der Waals surface area contributed by atoms with Crippen molar-refractivity contribution in [3.8, 4) is 17.1 Å². The van der Waals surface area contributed by atoms with E-state index in [1.807, 2.05) is 0 Å². The number of carbonyl (C=O) groups is 1. The Morgan fingerprint density at radius 2 is 2.03 bits per heavy atom. The van der Waals surface area contributed by atoms with Crippen LogP contribution in [0.3, 0.4) is 0 Å². The summed E-state index contributed by atoms with van der Waals surface area (Å²) in [5.74, 6) is 0.0740. The lowest BCUT2D eigenvalue weighted by Gasteiger charge is -2.36. The van der Waals surface area contributed by atoms with E-state index in [1.54, 1.807) is 6.07 Å². The molecule has 0 radical (unpaired) electrons. The van der Waals surface area contributed by atoms with Gasteiger partial charge in [0.2, 0.25) is 5.13 Å². The van der Waals surface area contributed by atoms with E-state index in [4.69, 9.17) is 4.42 Å². The molecule has 3 aromatic rings. The number of piperazine rings is 1. The van der Waals surface area contributed by atoms with E-state index in [-0.39, 0.29) is 17.1 Å². The first kappa shape index (κ1) is 24.2. The highest BCUT2D eigenvalue weighted by Gasteiger charge is 2.31. The van der Waals surface area contributed by atoms with Gasteiger partial charge >= 0.3 is 6.36 Å². The van der Waals surface area contributed by atoms with Crippen LogP contribution in [0.2, 0.25) is 0 Å². The van der Waals surface area contributed by atoms with E-state index >= 15 is 0 Å². The molecule has 182 valence electrons. The molecule has 34 heavy (non-hydrogen) atoms.